The molecule has 0 radical (unpaired) electrons. The number of fused-ring (bicyclic) bond motifs is 1. The molecule has 0 aliphatic carbocycles. The van der Waals surface area contributed by atoms with E-state index in [2.05, 4.69) is 5.10 Å². The maximum atomic E-state index is 12.7. The van der Waals surface area contributed by atoms with Crippen LogP contribution < -0.4 is 5.73 Å². The zero-order valence-electron chi connectivity index (χ0n) is 13.8. The van der Waals surface area contributed by atoms with Crippen LogP contribution in [-0.4, -0.2) is 40.2 Å². The molecule has 3 aromatic rings. The first-order valence-electron chi connectivity index (χ1n) is 7.65. The van der Waals surface area contributed by atoms with Crippen LogP contribution in [0.5, 0.6) is 0 Å². The number of nitrogens with two attached hydrogens (primary N) is 1. The number of benzene rings is 1. The van der Waals surface area contributed by atoms with Gasteiger partial charge < -0.3 is 10.6 Å². The van der Waals surface area contributed by atoms with Crippen LogP contribution >= 0.6 is 22.9 Å². The van der Waals surface area contributed by atoms with Crippen molar-refractivity contribution in [3.05, 3.63) is 45.9 Å². The summed E-state index contributed by atoms with van der Waals surface area (Å²) in [6, 6.07) is 9.43. The van der Waals surface area contributed by atoms with Gasteiger partial charge in [-0.05, 0) is 32.0 Å². The molecule has 1 aromatic carbocycles. The van der Waals surface area contributed by atoms with Gasteiger partial charge in [0.05, 0.1) is 21.3 Å². The van der Waals surface area contributed by atoms with E-state index in [9.17, 15) is 4.79 Å². The number of aromatic nitrogens is 2. The lowest BCUT2D eigenvalue weighted by Gasteiger charge is -2.22. The highest BCUT2D eigenvalue weighted by Crippen LogP contribution is 2.32. The van der Waals surface area contributed by atoms with E-state index >= 15 is 0 Å². The van der Waals surface area contributed by atoms with Gasteiger partial charge in [-0.1, -0.05) is 23.7 Å². The standard InChI is InChI=1S/C17H19ClN4OS/c1-10(9-19)21(3)16(23)15-8-12-11(2)20-22(17(12)24-15)14-7-5-4-6-13(14)18/h4-8,10H,9,19H2,1-3H3. The summed E-state index contributed by atoms with van der Waals surface area (Å²) in [5.41, 5.74) is 7.34. The largest absolute Gasteiger partial charge is 0.337 e. The SMILES string of the molecule is Cc1nn(-c2ccccc2Cl)c2sc(C(=O)N(C)C(C)CN)cc12. The number of para-hydroxylation sites is 1. The predicted molar refractivity (Wildman–Crippen MR) is 99.3 cm³/mol. The fraction of sp³-hybridized carbons (Fsp3) is 0.294. The number of thiophene rings is 1. The lowest BCUT2D eigenvalue weighted by atomic mass is 10.2. The van der Waals surface area contributed by atoms with Crippen molar-refractivity contribution in [2.75, 3.05) is 13.6 Å². The number of hydrogen-bond donors (Lipinski definition) is 1. The third kappa shape index (κ3) is 2.81. The molecule has 0 aliphatic rings. The van der Waals surface area contributed by atoms with E-state index in [-0.39, 0.29) is 11.9 Å². The summed E-state index contributed by atoms with van der Waals surface area (Å²) in [6.07, 6.45) is 0. The molecule has 2 aromatic heterocycles. The first kappa shape index (κ1) is 17.0. The monoisotopic (exact) mass is 362 g/mol. The molecule has 2 N–H and O–H groups in total. The molecule has 3 rings (SSSR count). The molecule has 24 heavy (non-hydrogen) atoms. The minimum Gasteiger partial charge on any atom is -0.337 e. The van der Waals surface area contributed by atoms with Crippen molar-refractivity contribution >= 4 is 39.1 Å². The average molecular weight is 363 g/mol. The van der Waals surface area contributed by atoms with Gasteiger partial charge >= 0.3 is 0 Å². The molecule has 0 bridgehead atoms. The van der Waals surface area contributed by atoms with Crippen molar-refractivity contribution in [1.82, 2.24) is 14.7 Å². The molecule has 7 heteroatoms. The number of aryl methyl sites for hydroxylation is 1. The first-order valence-corrected chi connectivity index (χ1v) is 8.84. The van der Waals surface area contributed by atoms with E-state index in [4.69, 9.17) is 17.3 Å². The second-order valence-electron chi connectivity index (χ2n) is 5.78. The second kappa shape index (κ2) is 6.55. The van der Waals surface area contributed by atoms with Crippen molar-refractivity contribution in [3.63, 3.8) is 0 Å². The molecule has 0 spiro atoms. The molecule has 1 atom stereocenters. The van der Waals surface area contributed by atoms with Crippen LogP contribution in [0.15, 0.2) is 30.3 Å². The summed E-state index contributed by atoms with van der Waals surface area (Å²) < 4.78 is 1.81. The summed E-state index contributed by atoms with van der Waals surface area (Å²) >= 11 is 7.73. The topological polar surface area (TPSA) is 64.2 Å². The summed E-state index contributed by atoms with van der Waals surface area (Å²) in [7, 11) is 1.78. The quantitative estimate of drug-likeness (QED) is 0.772. The van der Waals surface area contributed by atoms with Gasteiger partial charge in [-0.25, -0.2) is 4.68 Å². The third-order valence-corrected chi connectivity index (χ3v) is 5.58. The fourth-order valence-electron chi connectivity index (χ4n) is 2.47. The van der Waals surface area contributed by atoms with E-state index in [1.807, 2.05) is 44.2 Å². The number of likely N-dealkylation sites (N-methyl/N-ethyl adjacent to an activating group) is 1. The van der Waals surface area contributed by atoms with E-state index in [1.54, 1.807) is 16.6 Å². The molecule has 0 saturated carbocycles. The van der Waals surface area contributed by atoms with E-state index in [0.29, 0.717) is 16.4 Å². The number of carbonyl (C=O) groups is 1. The lowest BCUT2D eigenvalue weighted by molar-refractivity contribution is 0.0753. The normalized spacial score (nSPS) is 12.5. The summed E-state index contributed by atoms with van der Waals surface area (Å²) in [4.78, 5) is 15.9. The Labute approximate surface area is 149 Å². The summed E-state index contributed by atoms with van der Waals surface area (Å²) in [5, 5.41) is 6.17. The number of halogens is 1. The summed E-state index contributed by atoms with van der Waals surface area (Å²) in [6.45, 7) is 4.30. The predicted octanol–water partition coefficient (Wildman–Crippen LogP) is 3.47. The Bertz CT molecular complexity index is 901. The van der Waals surface area contributed by atoms with Crippen LogP contribution in [0.2, 0.25) is 5.02 Å². The molecule has 5 nitrogen and oxygen atoms in total. The fourth-order valence-corrected chi connectivity index (χ4v) is 3.85. The van der Waals surface area contributed by atoms with E-state index in [1.165, 1.54) is 11.3 Å². The molecule has 0 aliphatic heterocycles. The molecule has 2 heterocycles. The van der Waals surface area contributed by atoms with Crippen molar-refractivity contribution < 1.29 is 4.79 Å². The Morgan fingerprint density at radius 1 is 1.46 bits per heavy atom. The van der Waals surface area contributed by atoms with Gasteiger partial charge in [0.25, 0.3) is 5.91 Å². The van der Waals surface area contributed by atoms with Crippen molar-refractivity contribution in [2.45, 2.75) is 19.9 Å². The molecule has 1 unspecified atom stereocenters. The highest BCUT2D eigenvalue weighted by Gasteiger charge is 2.22. The number of carbonyl (C=O) groups excluding carboxylic acids is 1. The van der Waals surface area contributed by atoms with Crippen molar-refractivity contribution in [1.29, 1.82) is 0 Å². The minimum atomic E-state index is -0.0285. The van der Waals surface area contributed by atoms with Gasteiger partial charge in [-0.3, -0.25) is 4.79 Å². The van der Waals surface area contributed by atoms with Crippen LogP contribution in [0.1, 0.15) is 22.3 Å². The summed E-state index contributed by atoms with van der Waals surface area (Å²) in [5.74, 6) is -0.0285. The van der Waals surface area contributed by atoms with Crippen molar-refractivity contribution in [3.8, 4) is 5.69 Å². The number of hydrogen-bond acceptors (Lipinski definition) is 4. The van der Waals surface area contributed by atoms with E-state index < -0.39 is 0 Å². The number of nitrogens with zero attached hydrogens (tertiary/aromatic N) is 3. The third-order valence-electron chi connectivity index (χ3n) is 4.16. The second-order valence-corrected chi connectivity index (χ2v) is 7.22. The zero-order valence-corrected chi connectivity index (χ0v) is 15.4. The van der Waals surface area contributed by atoms with Gasteiger partial charge in [0.2, 0.25) is 0 Å². The lowest BCUT2D eigenvalue weighted by Crippen LogP contribution is -2.39. The maximum absolute atomic E-state index is 12.7. The Morgan fingerprint density at radius 2 is 2.17 bits per heavy atom. The number of rotatable bonds is 4. The Hall–Kier alpha value is -1.89. The maximum Gasteiger partial charge on any atom is 0.264 e. The molecular weight excluding hydrogens is 344 g/mol. The van der Waals surface area contributed by atoms with Crippen LogP contribution in [0.4, 0.5) is 0 Å². The zero-order chi connectivity index (χ0) is 17.4. The van der Waals surface area contributed by atoms with Gasteiger partial charge in [0.15, 0.2) is 0 Å². The highest BCUT2D eigenvalue weighted by molar-refractivity contribution is 7.20. The van der Waals surface area contributed by atoms with Crippen LogP contribution in [0.3, 0.4) is 0 Å². The van der Waals surface area contributed by atoms with Crippen molar-refractivity contribution in [2.24, 2.45) is 5.73 Å². The van der Waals surface area contributed by atoms with Crippen LogP contribution in [0, 0.1) is 6.92 Å². The molecule has 0 fully saturated rings. The molecule has 126 valence electrons. The van der Waals surface area contributed by atoms with Gasteiger partial charge in [0, 0.05) is 25.0 Å². The highest BCUT2D eigenvalue weighted by atomic mass is 35.5. The smallest absolute Gasteiger partial charge is 0.264 e. The Kier molecular flexibility index (Phi) is 4.62. The first-order chi connectivity index (χ1) is 11.4. The van der Waals surface area contributed by atoms with Gasteiger partial charge in [0.1, 0.15) is 4.83 Å². The van der Waals surface area contributed by atoms with E-state index in [0.717, 1.165) is 21.6 Å². The van der Waals surface area contributed by atoms with Gasteiger partial charge in [-0.2, -0.15) is 5.10 Å². The van der Waals surface area contributed by atoms with Crippen LogP contribution in [-0.2, 0) is 0 Å². The molecule has 0 saturated heterocycles. The minimum absolute atomic E-state index is 0.0103. The molecular formula is C17H19ClN4OS. The van der Waals surface area contributed by atoms with Crippen LogP contribution in [0.25, 0.3) is 15.9 Å². The Morgan fingerprint density at radius 3 is 2.83 bits per heavy atom. The average Bonchev–Trinajstić information content (AvgIpc) is 3.14. The Balaban J connectivity index is 2.08. The molecule has 1 amide bonds. The van der Waals surface area contributed by atoms with Gasteiger partial charge in [-0.15, -0.1) is 11.3 Å². The number of amides is 1.